The molecule has 0 spiro atoms. The molecule has 83 heavy (non-hydrogen) atoms. The second-order valence-corrected chi connectivity index (χ2v) is 23.0. The molecule has 14 heterocycles. The van der Waals surface area contributed by atoms with Gasteiger partial charge < -0.3 is 38.2 Å². The summed E-state index contributed by atoms with van der Waals surface area (Å²) in [7, 11) is 3.88. The number of ether oxygens (including phenoxy) is 6. The number of aryl methyl sites for hydroxylation is 2. The van der Waals surface area contributed by atoms with E-state index >= 15 is 0 Å². The lowest BCUT2D eigenvalue weighted by atomic mass is 9.99. The Morgan fingerprint density at radius 2 is 0.928 bits per heavy atom. The van der Waals surface area contributed by atoms with Crippen LogP contribution in [0.3, 0.4) is 0 Å². The van der Waals surface area contributed by atoms with Gasteiger partial charge >= 0.3 is 0 Å². The average Bonchev–Trinajstić information content (AvgIpc) is 4.30. The van der Waals surface area contributed by atoms with Crippen LogP contribution in [0, 0.1) is 11.8 Å². The zero-order chi connectivity index (χ0) is 56.7. The van der Waals surface area contributed by atoms with Crippen LogP contribution in [0.15, 0.2) is 96.8 Å². The monoisotopic (exact) mass is 1140 g/mol. The van der Waals surface area contributed by atoms with Crippen molar-refractivity contribution in [1.29, 1.82) is 0 Å². The Morgan fingerprint density at radius 3 is 1.43 bits per heavy atom. The van der Waals surface area contributed by atoms with Crippen molar-refractivity contribution in [3.05, 3.63) is 114 Å². The maximum absolute atomic E-state index is 6.33. The fourth-order valence-corrected chi connectivity index (χ4v) is 12.2. The quantitative estimate of drug-likeness (QED) is 0.111. The van der Waals surface area contributed by atoms with Crippen molar-refractivity contribution in [2.75, 3.05) is 75.6 Å². The van der Waals surface area contributed by atoms with Gasteiger partial charge in [-0.15, -0.1) is 0 Å². The van der Waals surface area contributed by atoms with Crippen molar-refractivity contribution in [2.24, 2.45) is 30.9 Å². The summed E-state index contributed by atoms with van der Waals surface area (Å²) in [6.07, 6.45) is 21.6. The van der Waals surface area contributed by atoms with E-state index in [-0.39, 0.29) is 18.3 Å². The van der Waals surface area contributed by atoms with E-state index < -0.39 is 0 Å². The predicted molar refractivity (Wildman–Crippen MR) is 321 cm³/mol. The number of piperidine rings is 2. The Bertz CT molecular complexity index is 3540. The summed E-state index contributed by atoms with van der Waals surface area (Å²) in [6.45, 7) is 14.0. The van der Waals surface area contributed by atoms with Gasteiger partial charge in [0.05, 0.1) is 79.3 Å². The third kappa shape index (κ3) is 13.1. The van der Waals surface area contributed by atoms with E-state index in [1.165, 1.54) is 31.2 Å². The second kappa shape index (κ2) is 26.1. The van der Waals surface area contributed by atoms with E-state index in [0.29, 0.717) is 41.2 Å². The van der Waals surface area contributed by atoms with E-state index in [1.807, 2.05) is 66.3 Å². The Hall–Kier alpha value is -7.32. The minimum absolute atomic E-state index is 0.117. The molecule has 8 aromatic rings. The highest BCUT2D eigenvalue weighted by Gasteiger charge is 2.29. The molecule has 0 aromatic carbocycles. The number of anilines is 2. The molecule has 19 nitrogen and oxygen atoms in total. The van der Waals surface area contributed by atoms with Gasteiger partial charge in [-0.05, 0) is 97.7 Å². The fraction of sp³-hybridized carbons (Fsp3) is 0.476. The third-order valence-corrected chi connectivity index (χ3v) is 16.7. The van der Waals surface area contributed by atoms with Crippen LogP contribution < -0.4 is 24.0 Å². The van der Waals surface area contributed by atoms with Crippen LogP contribution in [0.25, 0.3) is 44.3 Å². The molecule has 0 saturated carbocycles. The smallest absolute Gasteiger partial charge is 0.225 e. The number of halogens is 1. The molecule has 434 valence electrons. The van der Waals surface area contributed by atoms with Crippen molar-refractivity contribution in [1.82, 2.24) is 49.5 Å². The minimum Gasteiger partial charge on any atom is -0.474 e. The number of hydrogen-bond acceptors (Lipinski definition) is 17. The molecular weight excluding hydrogens is 1070 g/mol. The third-order valence-electron chi connectivity index (χ3n) is 16.4. The summed E-state index contributed by atoms with van der Waals surface area (Å²) in [5.41, 5.74) is 9.93. The van der Waals surface area contributed by atoms with Gasteiger partial charge in [0.25, 0.3) is 0 Å². The number of aromatic nitrogens is 10. The van der Waals surface area contributed by atoms with E-state index in [1.54, 1.807) is 24.7 Å². The van der Waals surface area contributed by atoms with Gasteiger partial charge in [0.1, 0.15) is 46.5 Å². The summed E-state index contributed by atoms with van der Waals surface area (Å²) in [6, 6.07) is 18.1. The molecule has 0 N–H and O–H groups in total. The van der Waals surface area contributed by atoms with Crippen molar-refractivity contribution in [3.63, 3.8) is 0 Å². The molecule has 20 heteroatoms. The summed E-state index contributed by atoms with van der Waals surface area (Å²) < 4.78 is 38.9. The number of pyridine rings is 6. The zero-order valence-electron chi connectivity index (χ0n) is 48.0. The molecule has 6 aliphatic heterocycles. The van der Waals surface area contributed by atoms with Crippen LogP contribution in [-0.2, 0) is 34.9 Å². The number of fused-ring (bicyclic) bond motifs is 3. The van der Waals surface area contributed by atoms with Gasteiger partial charge in [-0.3, -0.25) is 14.4 Å². The van der Waals surface area contributed by atoms with Crippen LogP contribution in [0.2, 0.25) is 5.15 Å². The zero-order valence-corrected chi connectivity index (χ0v) is 48.8. The number of aliphatic imine (C=N–C) groups is 1. The van der Waals surface area contributed by atoms with Crippen molar-refractivity contribution in [3.8, 4) is 40.2 Å². The average molecular weight is 1140 g/mol. The van der Waals surface area contributed by atoms with Crippen molar-refractivity contribution < 1.29 is 28.4 Å². The first kappa shape index (κ1) is 56.2. The van der Waals surface area contributed by atoms with Crippen LogP contribution in [-0.4, -0.2) is 139 Å². The molecule has 0 bridgehead atoms. The van der Waals surface area contributed by atoms with E-state index in [0.717, 1.165) is 177 Å². The van der Waals surface area contributed by atoms with Crippen LogP contribution in [0.5, 0.6) is 17.6 Å². The summed E-state index contributed by atoms with van der Waals surface area (Å²) in [5.74, 6) is 5.44. The Labute approximate surface area is 489 Å². The van der Waals surface area contributed by atoms with Gasteiger partial charge in [0.15, 0.2) is 0 Å². The SMILES string of the molecule is CC1CCCN(c2cc(-c3nn(C)c4ccnc(OC5CCOCC5)c34)ccn2)C1.CC1CCCN(c2cc(C3=NCc4ccnc(OC5CCOCC5)c43)ccn2)C1.Cn1nc(-c2ccnc(Cl)c2)c2c(OC3CCOCC3)nccc21. The minimum atomic E-state index is 0.117. The van der Waals surface area contributed by atoms with Crippen molar-refractivity contribution >= 4 is 50.8 Å². The van der Waals surface area contributed by atoms with Gasteiger partial charge in [0.2, 0.25) is 17.6 Å². The molecule has 6 aliphatic rings. The molecule has 2 unspecified atom stereocenters. The van der Waals surface area contributed by atoms with E-state index in [4.69, 9.17) is 50.1 Å². The lowest BCUT2D eigenvalue weighted by Gasteiger charge is -2.32. The van der Waals surface area contributed by atoms with Crippen LogP contribution in [0.1, 0.15) is 94.7 Å². The first-order valence-corrected chi connectivity index (χ1v) is 30.0. The van der Waals surface area contributed by atoms with Gasteiger partial charge in [0, 0.05) is 133 Å². The summed E-state index contributed by atoms with van der Waals surface area (Å²) in [4.78, 5) is 36.6. The molecule has 2 atom stereocenters. The standard InChI is InChI=1S/C23H29N5O2.C23H28N4O2.C17H17ClN4O2/c1-16-4-3-11-28(15-16)20-14-17(5-9-24-20)22-21-19(27(2)26-22)6-10-25-23(21)30-18-7-12-29-13-8-18;1-16-3-2-10-27(15-16)20-13-17(4-8-24-20)22-21-18(14-26-22)5-9-25-23(21)29-19-6-11-28-12-7-19;1-22-13-3-7-20-17(24-12-4-8-23-9-5-12)15(13)16(21-22)11-2-6-19-14(18)10-11/h5-6,9-10,14,16,18H,3-4,7-8,11-13,15H2,1-2H3;4-5,8-9,13,16,19H,2-3,6-7,10-12,14-15H2,1H3;2-3,6-7,10,12H,4-5,8-9H2,1H3. The normalized spacial score (nSPS) is 19.8. The van der Waals surface area contributed by atoms with Gasteiger partial charge in [-0.2, -0.15) is 10.2 Å². The molecule has 0 aliphatic carbocycles. The van der Waals surface area contributed by atoms with Gasteiger partial charge in [-0.1, -0.05) is 25.4 Å². The largest absolute Gasteiger partial charge is 0.474 e. The maximum Gasteiger partial charge on any atom is 0.225 e. The van der Waals surface area contributed by atoms with E-state index in [9.17, 15) is 0 Å². The molecule has 5 fully saturated rings. The first-order chi connectivity index (χ1) is 40.7. The summed E-state index contributed by atoms with van der Waals surface area (Å²) in [5, 5.41) is 11.8. The maximum atomic E-state index is 6.33. The molecule has 8 aromatic heterocycles. The highest BCUT2D eigenvalue weighted by molar-refractivity contribution is 6.29. The molecule has 5 saturated heterocycles. The lowest BCUT2D eigenvalue weighted by molar-refractivity contribution is 0.0235. The number of rotatable bonds is 11. The molecular formula is C63H74ClN13O6. The Morgan fingerprint density at radius 1 is 0.494 bits per heavy atom. The Balaban J connectivity index is 0.000000124. The topological polar surface area (TPSA) is 187 Å². The van der Waals surface area contributed by atoms with E-state index in [2.05, 4.69) is 82.9 Å². The summed E-state index contributed by atoms with van der Waals surface area (Å²) >= 11 is 6.04. The number of nitrogens with zero attached hydrogens (tertiary/aromatic N) is 13. The molecule has 0 radical (unpaired) electrons. The van der Waals surface area contributed by atoms with Gasteiger partial charge in [-0.25, -0.2) is 29.9 Å². The van der Waals surface area contributed by atoms with Crippen molar-refractivity contribution in [2.45, 2.75) is 103 Å². The fourth-order valence-electron chi connectivity index (χ4n) is 12.1. The van der Waals surface area contributed by atoms with Crippen LogP contribution >= 0.6 is 11.6 Å². The lowest BCUT2D eigenvalue weighted by Crippen LogP contribution is -2.34. The predicted octanol–water partition coefficient (Wildman–Crippen LogP) is 10.7. The molecule has 14 rings (SSSR count). The van der Waals surface area contributed by atoms with Crippen LogP contribution in [0.4, 0.5) is 11.6 Å². The second-order valence-electron chi connectivity index (χ2n) is 22.6. The highest BCUT2D eigenvalue weighted by atomic mass is 35.5. The molecule has 0 amide bonds. The first-order valence-electron chi connectivity index (χ1n) is 29.6. The Kier molecular flexibility index (Phi) is 17.7. The number of hydrogen-bond donors (Lipinski definition) is 0. The highest BCUT2D eigenvalue weighted by Crippen LogP contribution is 2.38.